The molecule has 1 aliphatic heterocycles. The highest BCUT2D eigenvalue weighted by molar-refractivity contribution is 5.98. The molecule has 27 heavy (non-hydrogen) atoms. The van der Waals surface area contributed by atoms with E-state index in [1.165, 1.54) is 10.9 Å². The minimum atomic E-state index is 0.0347. The summed E-state index contributed by atoms with van der Waals surface area (Å²) in [5.74, 6) is 0.605. The van der Waals surface area contributed by atoms with Crippen molar-refractivity contribution in [3.8, 4) is 0 Å². The van der Waals surface area contributed by atoms with E-state index in [-0.39, 0.29) is 5.91 Å². The van der Waals surface area contributed by atoms with E-state index in [1.54, 1.807) is 0 Å². The smallest absolute Gasteiger partial charge is 0.251 e. The van der Waals surface area contributed by atoms with Gasteiger partial charge in [0.05, 0.1) is 0 Å². The van der Waals surface area contributed by atoms with Gasteiger partial charge in [0.25, 0.3) is 5.91 Å². The van der Waals surface area contributed by atoms with Crippen LogP contribution in [0.2, 0.25) is 0 Å². The first kappa shape index (κ1) is 17.7. The molecule has 1 aliphatic rings. The zero-order valence-electron chi connectivity index (χ0n) is 15.6. The fourth-order valence-electron chi connectivity index (χ4n) is 3.86. The number of benzene rings is 3. The summed E-state index contributed by atoms with van der Waals surface area (Å²) in [7, 11) is 0. The van der Waals surface area contributed by atoms with Gasteiger partial charge in [-0.2, -0.15) is 0 Å². The lowest BCUT2D eigenvalue weighted by molar-refractivity contribution is 0.0935. The number of hydrogen-bond acceptors (Lipinski definition) is 2. The van der Waals surface area contributed by atoms with E-state index in [1.807, 2.05) is 30.3 Å². The van der Waals surface area contributed by atoms with Gasteiger partial charge in [-0.25, -0.2) is 0 Å². The number of carbonyl (C=O) groups excluding carboxylic acids is 1. The van der Waals surface area contributed by atoms with Gasteiger partial charge < -0.3 is 5.32 Å². The molecule has 1 N–H and O–H groups in total. The highest BCUT2D eigenvalue weighted by Gasteiger charge is 2.20. The Labute approximate surface area is 161 Å². The zero-order valence-corrected chi connectivity index (χ0v) is 15.6. The summed E-state index contributed by atoms with van der Waals surface area (Å²) in [6.45, 7) is 4.00. The van der Waals surface area contributed by atoms with Crippen LogP contribution < -0.4 is 5.32 Å². The van der Waals surface area contributed by atoms with Crippen molar-refractivity contribution in [2.75, 3.05) is 19.6 Å². The van der Waals surface area contributed by atoms with Gasteiger partial charge >= 0.3 is 0 Å². The molecule has 3 aromatic rings. The van der Waals surface area contributed by atoms with Crippen molar-refractivity contribution in [3.05, 3.63) is 83.9 Å². The molecule has 0 aromatic heterocycles. The first-order valence-corrected chi connectivity index (χ1v) is 9.81. The van der Waals surface area contributed by atoms with E-state index in [4.69, 9.17) is 0 Å². The summed E-state index contributed by atoms with van der Waals surface area (Å²) < 4.78 is 0. The molecule has 0 spiro atoms. The van der Waals surface area contributed by atoms with Crippen LogP contribution in [0.5, 0.6) is 0 Å². The van der Waals surface area contributed by atoms with E-state index in [9.17, 15) is 4.79 Å². The maximum Gasteiger partial charge on any atom is 0.251 e. The summed E-state index contributed by atoms with van der Waals surface area (Å²) >= 11 is 0. The first-order chi connectivity index (χ1) is 13.3. The quantitative estimate of drug-likeness (QED) is 0.729. The van der Waals surface area contributed by atoms with Gasteiger partial charge in [-0.05, 0) is 60.3 Å². The van der Waals surface area contributed by atoms with Gasteiger partial charge in [-0.3, -0.25) is 9.69 Å². The molecule has 3 aromatic carbocycles. The maximum absolute atomic E-state index is 12.5. The number of fused-ring (bicyclic) bond motifs is 1. The van der Waals surface area contributed by atoms with E-state index in [2.05, 4.69) is 52.7 Å². The summed E-state index contributed by atoms with van der Waals surface area (Å²) in [5.41, 5.74) is 2.12. The third-order valence-corrected chi connectivity index (χ3v) is 5.52. The Morgan fingerprint density at radius 3 is 2.37 bits per heavy atom. The van der Waals surface area contributed by atoms with Gasteiger partial charge in [0, 0.05) is 18.7 Å². The molecule has 3 nitrogen and oxygen atoms in total. The van der Waals surface area contributed by atoms with Crippen molar-refractivity contribution in [1.29, 1.82) is 0 Å². The lowest BCUT2D eigenvalue weighted by atomic mass is 9.96. The molecule has 1 amide bonds. The van der Waals surface area contributed by atoms with Crippen LogP contribution in [0, 0.1) is 5.92 Å². The summed E-state index contributed by atoms with van der Waals surface area (Å²) in [4.78, 5) is 15.0. The van der Waals surface area contributed by atoms with Crippen molar-refractivity contribution >= 4 is 16.7 Å². The average Bonchev–Trinajstić information content (AvgIpc) is 2.73. The fraction of sp³-hybridized carbons (Fsp3) is 0.292. The van der Waals surface area contributed by atoms with Crippen LogP contribution in [-0.4, -0.2) is 30.4 Å². The number of piperidine rings is 1. The molecule has 4 rings (SSSR count). The summed E-state index contributed by atoms with van der Waals surface area (Å²) in [5, 5.41) is 5.42. The third-order valence-electron chi connectivity index (χ3n) is 5.52. The fourth-order valence-corrected chi connectivity index (χ4v) is 3.86. The number of likely N-dealkylation sites (tertiary alicyclic amines) is 1. The first-order valence-electron chi connectivity index (χ1n) is 9.81. The summed E-state index contributed by atoms with van der Waals surface area (Å²) in [6.07, 6.45) is 2.29. The highest BCUT2D eigenvalue weighted by atomic mass is 16.1. The minimum Gasteiger partial charge on any atom is -0.352 e. The Hall–Kier alpha value is -2.65. The molecular weight excluding hydrogens is 332 g/mol. The number of amides is 1. The molecule has 1 fully saturated rings. The molecule has 1 saturated heterocycles. The normalized spacial score (nSPS) is 15.7. The second-order valence-corrected chi connectivity index (χ2v) is 7.48. The molecule has 138 valence electrons. The van der Waals surface area contributed by atoms with Crippen LogP contribution in [0.1, 0.15) is 28.8 Å². The maximum atomic E-state index is 12.5. The lowest BCUT2D eigenvalue weighted by Gasteiger charge is -2.32. The Balaban J connectivity index is 1.26. The van der Waals surface area contributed by atoms with Gasteiger partial charge in [0.15, 0.2) is 0 Å². The van der Waals surface area contributed by atoms with Crippen LogP contribution in [0.15, 0.2) is 72.8 Å². The second-order valence-electron chi connectivity index (χ2n) is 7.48. The van der Waals surface area contributed by atoms with Crippen LogP contribution in [0.3, 0.4) is 0 Å². The Bertz CT molecular complexity index is 898. The molecular formula is C24H26N2O. The van der Waals surface area contributed by atoms with Gasteiger partial charge in [-0.15, -0.1) is 0 Å². The molecule has 0 aliphatic carbocycles. The van der Waals surface area contributed by atoms with Crippen LogP contribution in [0.4, 0.5) is 0 Å². The van der Waals surface area contributed by atoms with E-state index < -0.39 is 0 Å². The van der Waals surface area contributed by atoms with Crippen LogP contribution in [-0.2, 0) is 6.54 Å². The predicted octanol–water partition coefficient (Wildman–Crippen LogP) is 4.48. The molecule has 3 heteroatoms. The van der Waals surface area contributed by atoms with Gasteiger partial charge in [-0.1, -0.05) is 60.7 Å². The van der Waals surface area contributed by atoms with Crippen molar-refractivity contribution in [1.82, 2.24) is 10.2 Å². The van der Waals surface area contributed by atoms with Crippen molar-refractivity contribution in [2.45, 2.75) is 19.4 Å². The van der Waals surface area contributed by atoms with Gasteiger partial charge in [0.1, 0.15) is 0 Å². The molecule has 0 unspecified atom stereocenters. The SMILES string of the molecule is O=C(NCC1CCN(Cc2ccccc2)CC1)c1ccc2ccccc2c1. The highest BCUT2D eigenvalue weighted by Crippen LogP contribution is 2.19. The number of hydrogen-bond donors (Lipinski definition) is 1. The number of nitrogens with one attached hydrogen (secondary N) is 1. The number of carbonyl (C=O) groups is 1. The standard InChI is InChI=1S/C24H26N2O/c27-24(23-11-10-21-8-4-5-9-22(21)16-23)25-17-19-12-14-26(15-13-19)18-20-6-2-1-3-7-20/h1-11,16,19H,12-15,17-18H2,(H,25,27). The second kappa shape index (κ2) is 8.36. The van der Waals surface area contributed by atoms with E-state index >= 15 is 0 Å². The Kier molecular flexibility index (Phi) is 5.50. The third kappa shape index (κ3) is 4.55. The minimum absolute atomic E-state index is 0.0347. The molecule has 0 saturated carbocycles. The van der Waals surface area contributed by atoms with Crippen molar-refractivity contribution in [3.63, 3.8) is 0 Å². The zero-order chi connectivity index (χ0) is 18.5. The van der Waals surface area contributed by atoms with Gasteiger partial charge in [0.2, 0.25) is 0 Å². The van der Waals surface area contributed by atoms with Crippen LogP contribution >= 0.6 is 0 Å². The predicted molar refractivity (Wildman–Crippen MR) is 111 cm³/mol. The number of rotatable bonds is 5. The lowest BCUT2D eigenvalue weighted by Crippen LogP contribution is -2.38. The van der Waals surface area contributed by atoms with Crippen molar-refractivity contribution in [2.24, 2.45) is 5.92 Å². The van der Waals surface area contributed by atoms with Crippen LogP contribution in [0.25, 0.3) is 10.8 Å². The summed E-state index contributed by atoms with van der Waals surface area (Å²) in [6, 6.07) is 24.7. The van der Waals surface area contributed by atoms with Crippen molar-refractivity contribution < 1.29 is 4.79 Å². The Morgan fingerprint density at radius 1 is 0.889 bits per heavy atom. The Morgan fingerprint density at radius 2 is 1.59 bits per heavy atom. The largest absolute Gasteiger partial charge is 0.352 e. The average molecular weight is 358 g/mol. The van der Waals surface area contributed by atoms with E-state index in [0.717, 1.165) is 50.0 Å². The topological polar surface area (TPSA) is 32.3 Å². The molecule has 1 heterocycles. The molecule has 0 atom stereocenters. The molecule has 0 bridgehead atoms. The monoisotopic (exact) mass is 358 g/mol. The number of nitrogens with zero attached hydrogens (tertiary/aromatic N) is 1. The molecule has 0 radical (unpaired) electrons. The van der Waals surface area contributed by atoms with E-state index in [0.29, 0.717) is 5.92 Å².